The van der Waals surface area contributed by atoms with E-state index >= 15 is 0 Å². The molecule has 6 heteroatoms. The van der Waals surface area contributed by atoms with Crippen LogP contribution in [0.3, 0.4) is 0 Å². The molecule has 0 fully saturated rings. The number of unbranched alkanes of at least 4 members (excludes halogenated alkanes) is 1. The van der Waals surface area contributed by atoms with Crippen molar-refractivity contribution in [1.82, 2.24) is 0 Å². The minimum atomic E-state index is -4.41. The molecule has 0 amide bonds. The number of hydrogen-bond acceptors (Lipinski definition) is 3. The first-order valence-corrected chi connectivity index (χ1v) is 7.75. The Kier molecular flexibility index (Phi) is 9.10. The van der Waals surface area contributed by atoms with Crippen LogP contribution in [-0.2, 0) is 13.8 Å². The van der Waals surface area contributed by atoms with E-state index in [1.54, 1.807) is 0 Å². The van der Waals surface area contributed by atoms with E-state index < -0.39 is 13.9 Å². The molecule has 5 nitrogen and oxygen atoms in total. The van der Waals surface area contributed by atoms with Gasteiger partial charge in [-0.3, -0.25) is 4.52 Å². The summed E-state index contributed by atoms with van der Waals surface area (Å²) >= 11 is 0. The largest absolute Gasteiger partial charge is 0.469 e. The summed E-state index contributed by atoms with van der Waals surface area (Å²) in [5.74, 6) is -0.0144. The Balaban J connectivity index is 4.05. The zero-order valence-corrected chi connectivity index (χ0v) is 11.9. The van der Waals surface area contributed by atoms with E-state index in [0.29, 0.717) is 19.6 Å². The van der Waals surface area contributed by atoms with Gasteiger partial charge in [-0.1, -0.05) is 33.6 Å². The van der Waals surface area contributed by atoms with Gasteiger partial charge in [-0.05, 0) is 12.8 Å². The molecule has 0 aliphatic rings. The molecule has 0 rings (SSSR count). The summed E-state index contributed by atoms with van der Waals surface area (Å²) in [6.07, 6.45) is 3.09. The summed E-state index contributed by atoms with van der Waals surface area (Å²) in [5, 5.41) is 0. The van der Waals surface area contributed by atoms with Crippen molar-refractivity contribution in [3.63, 3.8) is 0 Å². The Morgan fingerprint density at radius 2 is 1.88 bits per heavy atom. The Hall–Kier alpha value is 0.0700. The van der Waals surface area contributed by atoms with Crippen LogP contribution < -0.4 is 0 Å². The van der Waals surface area contributed by atoms with Crippen LogP contribution >= 0.6 is 7.82 Å². The minimum absolute atomic E-state index is 0.0144. The SMILES string of the molecule is CCCCOCC(C)C(CCC)OP(=O)(O)O. The van der Waals surface area contributed by atoms with Crippen molar-refractivity contribution in [2.45, 2.75) is 52.6 Å². The van der Waals surface area contributed by atoms with Crippen LogP contribution in [-0.4, -0.2) is 29.1 Å². The van der Waals surface area contributed by atoms with Crippen LogP contribution in [0.1, 0.15) is 46.5 Å². The standard InChI is InChI=1S/C11H25O5P/c1-4-6-8-15-9-10(3)11(7-5-2)16-17(12,13)14/h10-11H,4-9H2,1-3H3,(H2,12,13,14). The lowest BCUT2D eigenvalue weighted by Gasteiger charge is -2.24. The molecule has 2 atom stereocenters. The third-order valence-electron chi connectivity index (χ3n) is 2.50. The first kappa shape index (κ1) is 17.1. The molecular weight excluding hydrogens is 243 g/mol. The van der Waals surface area contributed by atoms with Crippen LogP contribution in [0.4, 0.5) is 0 Å². The molecule has 0 aromatic carbocycles. The molecule has 0 saturated heterocycles. The van der Waals surface area contributed by atoms with Gasteiger partial charge in [-0.2, -0.15) is 0 Å². The zero-order chi connectivity index (χ0) is 13.3. The predicted molar refractivity (Wildman–Crippen MR) is 66.7 cm³/mol. The predicted octanol–water partition coefficient (Wildman–Crippen LogP) is 2.72. The number of hydrogen-bond donors (Lipinski definition) is 2. The summed E-state index contributed by atoms with van der Waals surface area (Å²) < 4.78 is 21.1. The summed E-state index contributed by atoms with van der Waals surface area (Å²) in [4.78, 5) is 17.6. The van der Waals surface area contributed by atoms with E-state index in [0.717, 1.165) is 19.3 Å². The molecule has 0 heterocycles. The van der Waals surface area contributed by atoms with Crippen molar-refractivity contribution in [2.75, 3.05) is 13.2 Å². The second-order valence-electron chi connectivity index (χ2n) is 4.33. The molecule has 0 radical (unpaired) electrons. The van der Waals surface area contributed by atoms with Crippen LogP contribution in [0.15, 0.2) is 0 Å². The van der Waals surface area contributed by atoms with Gasteiger partial charge >= 0.3 is 7.82 Å². The summed E-state index contributed by atoms with van der Waals surface area (Å²) in [5.41, 5.74) is 0. The Bertz CT molecular complexity index is 228. The Labute approximate surface area is 104 Å². The summed E-state index contributed by atoms with van der Waals surface area (Å²) in [7, 11) is -4.41. The molecule has 2 unspecified atom stereocenters. The van der Waals surface area contributed by atoms with Gasteiger partial charge < -0.3 is 14.5 Å². The topological polar surface area (TPSA) is 76.0 Å². The number of rotatable bonds is 10. The van der Waals surface area contributed by atoms with Crippen LogP contribution in [0, 0.1) is 5.92 Å². The summed E-state index contributed by atoms with van der Waals surface area (Å²) in [6.45, 7) is 7.10. The molecule has 104 valence electrons. The van der Waals surface area contributed by atoms with Gasteiger partial charge in [-0.15, -0.1) is 0 Å². The van der Waals surface area contributed by atoms with Gasteiger partial charge in [0.05, 0.1) is 12.7 Å². The second-order valence-corrected chi connectivity index (χ2v) is 5.52. The van der Waals surface area contributed by atoms with Crippen molar-refractivity contribution < 1.29 is 23.6 Å². The average molecular weight is 268 g/mol. The minimum Gasteiger partial charge on any atom is -0.381 e. The third-order valence-corrected chi connectivity index (χ3v) is 3.05. The maximum atomic E-state index is 10.8. The van der Waals surface area contributed by atoms with Gasteiger partial charge in [0.15, 0.2) is 0 Å². The highest BCUT2D eigenvalue weighted by Crippen LogP contribution is 2.40. The normalized spacial score (nSPS) is 15.8. The van der Waals surface area contributed by atoms with Gasteiger partial charge in [0, 0.05) is 12.5 Å². The third kappa shape index (κ3) is 9.74. The first-order valence-electron chi connectivity index (χ1n) is 6.22. The van der Waals surface area contributed by atoms with Crippen molar-refractivity contribution >= 4 is 7.82 Å². The fourth-order valence-corrected chi connectivity index (χ4v) is 2.19. The first-order chi connectivity index (χ1) is 7.90. The van der Waals surface area contributed by atoms with Gasteiger partial charge in [-0.25, -0.2) is 4.57 Å². The van der Waals surface area contributed by atoms with Gasteiger partial charge in [0.25, 0.3) is 0 Å². The highest BCUT2D eigenvalue weighted by Gasteiger charge is 2.26. The molecule has 0 bridgehead atoms. The highest BCUT2D eigenvalue weighted by atomic mass is 31.2. The molecule has 0 aromatic heterocycles. The fourth-order valence-electron chi connectivity index (χ4n) is 1.52. The maximum absolute atomic E-state index is 10.8. The molecule has 0 aliphatic heterocycles. The fraction of sp³-hybridized carbons (Fsp3) is 1.00. The number of ether oxygens (including phenoxy) is 1. The summed E-state index contributed by atoms with van der Waals surface area (Å²) in [6, 6.07) is 0. The van der Waals surface area contributed by atoms with E-state index in [9.17, 15) is 4.57 Å². The average Bonchev–Trinajstić information content (AvgIpc) is 2.21. The van der Waals surface area contributed by atoms with Crippen LogP contribution in [0.25, 0.3) is 0 Å². The van der Waals surface area contributed by atoms with E-state index in [1.807, 2.05) is 13.8 Å². The van der Waals surface area contributed by atoms with E-state index in [2.05, 4.69) is 6.92 Å². The lowest BCUT2D eigenvalue weighted by atomic mass is 10.0. The quantitative estimate of drug-likeness (QED) is 0.470. The molecule has 0 spiro atoms. The number of phosphoric ester groups is 1. The molecular formula is C11H25O5P. The van der Waals surface area contributed by atoms with Gasteiger partial charge in [0.1, 0.15) is 0 Å². The van der Waals surface area contributed by atoms with E-state index in [-0.39, 0.29) is 5.92 Å². The zero-order valence-electron chi connectivity index (χ0n) is 11.0. The monoisotopic (exact) mass is 268 g/mol. The molecule has 0 saturated carbocycles. The Morgan fingerprint density at radius 1 is 1.24 bits per heavy atom. The smallest absolute Gasteiger partial charge is 0.381 e. The van der Waals surface area contributed by atoms with Crippen molar-refractivity contribution in [3.05, 3.63) is 0 Å². The van der Waals surface area contributed by atoms with E-state index in [1.165, 1.54) is 0 Å². The number of phosphoric acid groups is 1. The molecule has 2 N–H and O–H groups in total. The maximum Gasteiger partial charge on any atom is 0.469 e. The van der Waals surface area contributed by atoms with Crippen molar-refractivity contribution in [2.24, 2.45) is 5.92 Å². The molecule has 0 aliphatic carbocycles. The molecule has 17 heavy (non-hydrogen) atoms. The van der Waals surface area contributed by atoms with Crippen molar-refractivity contribution in [3.8, 4) is 0 Å². The van der Waals surface area contributed by atoms with E-state index in [4.69, 9.17) is 19.0 Å². The Morgan fingerprint density at radius 3 is 2.35 bits per heavy atom. The van der Waals surface area contributed by atoms with Gasteiger partial charge in [0.2, 0.25) is 0 Å². The van der Waals surface area contributed by atoms with Crippen LogP contribution in [0.5, 0.6) is 0 Å². The van der Waals surface area contributed by atoms with Crippen molar-refractivity contribution in [1.29, 1.82) is 0 Å². The lowest BCUT2D eigenvalue weighted by molar-refractivity contribution is 0.0280. The molecule has 0 aromatic rings. The lowest BCUT2D eigenvalue weighted by Crippen LogP contribution is -2.25. The van der Waals surface area contributed by atoms with Crippen LogP contribution in [0.2, 0.25) is 0 Å². The highest BCUT2D eigenvalue weighted by molar-refractivity contribution is 7.46. The second kappa shape index (κ2) is 9.06.